The Balaban J connectivity index is 1.59. The van der Waals surface area contributed by atoms with Crippen molar-refractivity contribution in [2.45, 2.75) is 40.0 Å². The molecule has 3 rings (SSSR count). The summed E-state index contributed by atoms with van der Waals surface area (Å²) in [6, 6.07) is 2.09. The summed E-state index contributed by atoms with van der Waals surface area (Å²) in [4.78, 5) is 37.3. The molecule has 1 saturated heterocycles. The van der Waals surface area contributed by atoms with Crippen LogP contribution in [0.25, 0.3) is 10.2 Å². The highest BCUT2D eigenvalue weighted by atomic mass is 32.1. The number of aromatic nitrogens is 2. The third kappa shape index (κ3) is 4.55. The maximum absolute atomic E-state index is 12.6. The molecule has 1 amide bonds. The van der Waals surface area contributed by atoms with E-state index in [2.05, 4.69) is 28.3 Å². The molecular formula is C19H26N4O3S. The van der Waals surface area contributed by atoms with E-state index in [1.54, 1.807) is 16.2 Å². The summed E-state index contributed by atoms with van der Waals surface area (Å²) in [7, 11) is 0. The van der Waals surface area contributed by atoms with Crippen LogP contribution >= 0.6 is 11.3 Å². The van der Waals surface area contributed by atoms with Gasteiger partial charge in [0.15, 0.2) is 0 Å². The number of nitrogens with zero attached hydrogens (tertiary/aromatic N) is 3. The van der Waals surface area contributed by atoms with Crippen LogP contribution in [0.5, 0.6) is 0 Å². The minimum Gasteiger partial charge on any atom is -0.466 e. The van der Waals surface area contributed by atoms with Gasteiger partial charge in [-0.2, -0.15) is 0 Å². The van der Waals surface area contributed by atoms with Crippen molar-refractivity contribution in [3.05, 3.63) is 16.8 Å². The maximum atomic E-state index is 12.6. The van der Waals surface area contributed by atoms with Gasteiger partial charge in [0.25, 0.3) is 0 Å². The van der Waals surface area contributed by atoms with Crippen molar-refractivity contribution in [1.29, 1.82) is 0 Å². The molecule has 7 nitrogen and oxygen atoms in total. The lowest BCUT2D eigenvalue weighted by atomic mass is 9.97. The number of aryl methyl sites for hydroxylation is 2. The van der Waals surface area contributed by atoms with Gasteiger partial charge in [0, 0.05) is 18.0 Å². The van der Waals surface area contributed by atoms with E-state index in [9.17, 15) is 9.59 Å². The summed E-state index contributed by atoms with van der Waals surface area (Å²) in [5.74, 6) is 1.18. The first-order valence-corrected chi connectivity index (χ1v) is 10.3. The summed E-state index contributed by atoms with van der Waals surface area (Å²) in [5.41, 5.74) is 0. The Kier molecular flexibility index (Phi) is 6.26. The van der Waals surface area contributed by atoms with Gasteiger partial charge in [-0.1, -0.05) is 6.92 Å². The standard InChI is InChI=1S/C19H26N4O3S/c1-4-14-10-15-17(21-12(3)22-18(15)27-14)20-11-16(24)23-8-6-13(7-9-23)19(25)26-5-2/h10,13H,4-9,11H2,1-3H3,(H,20,21,22). The molecule has 8 heteroatoms. The number of esters is 1. The predicted octanol–water partition coefficient (Wildman–Crippen LogP) is 2.78. The molecule has 1 aliphatic heterocycles. The van der Waals surface area contributed by atoms with E-state index >= 15 is 0 Å². The number of hydrogen-bond acceptors (Lipinski definition) is 7. The third-order valence-electron chi connectivity index (χ3n) is 4.78. The normalized spacial score (nSPS) is 15.1. The van der Waals surface area contributed by atoms with E-state index in [0.717, 1.165) is 16.6 Å². The minimum absolute atomic E-state index is 0.0210. The molecule has 2 aromatic rings. The van der Waals surface area contributed by atoms with Crippen LogP contribution in [0, 0.1) is 12.8 Å². The molecule has 0 aromatic carbocycles. The zero-order chi connectivity index (χ0) is 19.4. The van der Waals surface area contributed by atoms with Crippen molar-refractivity contribution >= 4 is 39.2 Å². The fraction of sp³-hybridized carbons (Fsp3) is 0.579. The lowest BCUT2D eigenvalue weighted by Gasteiger charge is -2.31. The van der Waals surface area contributed by atoms with E-state index < -0.39 is 0 Å². The number of hydrogen-bond donors (Lipinski definition) is 1. The second kappa shape index (κ2) is 8.65. The first-order chi connectivity index (χ1) is 13.0. The molecule has 0 unspecified atom stereocenters. The number of thiophene rings is 1. The molecule has 1 aliphatic rings. The Bertz CT molecular complexity index is 828. The van der Waals surface area contributed by atoms with Crippen LogP contribution in [-0.2, 0) is 20.7 Å². The molecule has 1 fully saturated rings. The van der Waals surface area contributed by atoms with Gasteiger partial charge in [-0.25, -0.2) is 9.97 Å². The van der Waals surface area contributed by atoms with Gasteiger partial charge < -0.3 is 15.0 Å². The smallest absolute Gasteiger partial charge is 0.309 e. The number of likely N-dealkylation sites (tertiary alicyclic amines) is 1. The fourth-order valence-electron chi connectivity index (χ4n) is 3.28. The Morgan fingerprint density at radius 3 is 2.70 bits per heavy atom. The Morgan fingerprint density at radius 1 is 1.30 bits per heavy atom. The van der Waals surface area contributed by atoms with Crippen LogP contribution in [-0.4, -0.2) is 53.0 Å². The van der Waals surface area contributed by atoms with Crippen LogP contribution in [0.15, 0.2) is 6.07 Å². The molecule has 0 spiro atoms. The number of ether oxygens (including phenoxy) is 1. The summed E-state index contributed by atoms with van der Waals surface area (Å²) in [6.07, 6.45) is 2.27. The van der Waals surface area contributed by atoms with Crippen molar-refractivity contribution in [3.8, 4) is 0 Å². The van der Waals surface area contributed by atoms with Crippen LogP contribution in [0.2, 0.25) is 0 Å². The zero-order valence-electron chi connectivity index (χ0n) is 16.1. The van der Waals surface area contributed by atoms with Crippen molar-refractivity contribution in [2.75, 3.05) is 31.6 Å². The number of rotatable bonds is 6. The number of amides is 1. The van der Waals surface area contributed by atoms with Gasteiger partial charge in [0.2, 0.25) is 5.91 Å². The molecule has 0 radical (unpaired) electrons. The average molecular weight is 391 g/mol. The van der Waals surface area contributed by atoms with Crippen LogP contribution in [0.4, 0.5) is 5.82 Å². The fourth-order valence-corrected chi connectivity index (χ4v) is 4.30. The number of piperidine rings is 1. The lowest BCUT2D eigenvalue weighted by molar-refractivity contribution is -0.151. The van der Waals surface area contributed by atoms with Gasteiger partial charge >= 0.3 is 5.97 Å². The minimum atomic E-state index is -0.147. The molecule has 146 valence electrons. The zero-order valence-corrected chi connectivity index (χ0v) is 16.9. The first kappa shape index (κ1) is 19.5. The van der Waals surface area contributed by atoms with Crippen molar-refractivity contribution in [2.24, 2.45) is 5.92 Å². The number of carbonyl (C=O) groups excluding carboxylic acids is 2. The van der Waals surface area contributed by atoms with Crippen molar-refractivity contribution in [1.82, 2.24) is 14.9 Å². The van der Waals surface area contributed by atoms with Gasteiger partial charge in [-0.3, -0.25) is 9.59 Å². The van der Waals surface area contributed by atoms with Gasteiger partial charge in [0.05, 0.1) is 24.5 Å². The molecule has 0 saturated carbocycles. The highest BCUT2D eigenvalue weighted by molar-refractivity contribution is 7.18. The molecule has 0 bridgehead atoms. The topological polar surface area (TPSA) is 84.4 Å². The molecule has 3 heterocycles. The first-order valence-electron chi connectivity index (χ1n) is 9.47. The predicted molar refractivity (Wildman–Crippen MR) is 106 cm³/mol. The monoisotopic (exact) mass is 390 g/mol. The van der Waals surface area contributed by atoms with Crippen molar-refractivity contribution < 1.29 is 14.3 Å². The highest BCUT2D eigenvalue weighted by Crippen LogP contribution is 2.29. The van der Waals surface area contributed by atoms with Crippen LogP contribution < -0.4 is 5.32 Å². The quantitative estimate of drug-likeness (QED) is 0.764. The van der Waals surface area contributed by atoms with E-state index in [1.807, 2.05) is 13.8 Å². The summed E-state index contributed by atoms with van der Waals surface area (Å²) < 4.78 is 5.08. The third-order valence-corrected chi connectivity index (χ3v) is 5.95. The Morgan fingerprint density at radius 2 is 2.04 bits per heavy atom. The number of carbonyl (C=O) groups is 2. The molecule has 0 aliphatic carbocycles. The average Bonchev–Trinajstić information content (AvgIpc) is 3.09. The summed E-state index contributed by atoms with van der Waals surface area (Å²) in [6.45, 7) is 7.54. The molecule has 0 atom stereocenters. The van der Waals surface area contributed by atoms with Gasteiger partial charge in [-0.05, 0) is 39.2 Å². The van der Waals surface area contributed by atoms with Gasteiger partial charge in [-0.15, -0.1) is 11.3 Å². The molecule has 27 heavy (non-hydrogen) atoms. The largest absolute Gasteiger partial charge is 0.466 e. The van der Waals surface area contributed by atoms with E-state index in [1.165, 1.54) is 4.88 Å². The summed E-state index contributed by atoms with van der Waals surface area (Å²) >= 11 is 1.66. The van der Waals surface area contributed by atoms with Crippen LogP contribution in [0.3, 0.4) is 0 Å². The Hall–Kier alpha value is -2.22. The van der Waals surface area contributed by atoms with E-state index in [4.69, 9.17) is 4.74 Å². The lowest BCUT2D eigenvalue weighted by Crippen LogP contribution is -2.43. The number of anilines is 1. The second-order valence-electron chi connectivity index (χ2n) is 6.67. The number of fused-ring (bicyclic) bond motifs is 1. The van der Waals surface area contributed by atoms with Crippen LogP contribution in [0.1, 0.15) is 37.4 Å². The second-order valence-corrected chi connectivity index (χ2v) is 7.78. The highest BCUT2D eigenvalue weighted by Gasteiger charge is 2.28. The van der Waals surface area contributed by atoms with Gasteiger partial charge in [0.1, 0.15) is 16.5 Å². The molecule has 2 aromatic heterocycles. The number of nitrogens with one attached hydrogen (secondary N) is 1. The molecular weight excluding hydrogens is 364 g/mol. The SMILES string of the molecule is CCOC(=O)C1CCN(C(=O)CNc2nc(C)nc3sc(CC)cc23)CC1. The van der Waals surface area contributed by atoms with E-state index in [0.29, 0.717) is 44.2 Å². The summed E-state index contributed by atoms with van der Waals surface area (Å²) in [5, 5.41) is 4.16. The van der Waals surface area contributed by atoms with E-state index in [-0.39, 0.29) is 24.3 Å². The van der Waals surface area contributed by atoms with Crippen molar-refractivity contribution in [3.63, 3.8) is 0 Å². The maximum Gasteiger partial charge on any atom is 0.309 e. The molecule has 1 N–H and O–H groups in total. The Labute approximate surface area is 163 Å².